The quantitative estimate of drug-likeness (QED) is 0.609. The molecule has 0 aliphatic rings. The monoisotopic (exact) mass is 364 g/mol. The minimum atomic E-state index is -0.562. The van der Waals surface area contributed by atoms with Gasteiger partial charge in [-0.05, 0) is 52.2 Å². The van der Waals surface area contributed by atoms with Crippen molar-refractivity contribution in [1.82, 2.24) is 15.5 Å². The van der Waals surface area contributed by atoms with Gasteiger partial charge in [-0.15, -0.1) is 0 Å². The van der Waals surface area contributed by atoms with E-state index >= 15 is 0 Å². The number of benzene rings is 1. The van der Waals surface area contributed by atoms with Crippen molar-refractivity contribution >= 4 is 5.96 Å². The van der Waals surface area contributed by atoms with Gasteiger partial charge in [-0.25, -0.2) is 8.78 Å². The van der Waals surface area contributed by atoms with Gasteiger partial charge < -0.3 is 20.0 Å². The summed E-state index contributed by atoms with van der Waals surface area (Å²) in [5.41, 5.74) is 0.0372. The lowest BCUT2D eigenvalue weighted by Gasteiger charge is -2.27. The van der Waals surface area contributed by atoms with Gasteiger partial charge in [0.1, 0.15) is 23.2 Å². The van der Waals surface area contributed by atoms with Crippen LogP contribution in [0, 0.1) is 18.6 Å². The third kappa shape index (κ3) is 4.82. The molecule has 1 aromatic carbocycles. The van der Waals surface area contributed by atoms with Crippen LogP contribution in [0.3, 0.4) is 0 Å². The van der Waals surface area contributed by atoms with Gasteiger partial charge in [0.05, 0.1) is 12.1 Å². The van der Waals surface area contributed by atoms with Crippen molar-refractivity contribution in [1.29, 1.82) is 0 Å². The van der Waals surface area contributed by atoms with Crippen LogP contribution in [0.4, 0.5) is 8.78 Å². The number of halogens is 2. The average molecular weight is 364 g/mol. The second-order valence-corrected chi connectivity index (χ2v) is 6.38. The Morgan fingerprint density at radius 2 is 1.85 bits per heavy atom. The van der Waals surface area contributed by atoms with Crippen molar-refractivity contribution in [2.45, 2.75) is 25.9 Å². The molecule has 1 aromatic heterocycles. The maximum Gasteiger partial charge on any atom is 0.191 e. The molecule has 0 aliphatic heterocycles. The lowest BCUT2D eigenvalue weighted by molar-refractivity contribution is 0.282. The standard InChI is InChI=1S/C19H26F2N4O/c1-12-9-10-17(26-12)13(2)24-19(22-3)23-11-16(25(4)5)18-14(20)7-6-8-15(18)21/h6-10,13,16H,11H2,1-5H3,(H2,22,23,24). The van der Waals surface area contributed by atoms with E-state index < -0.39 is 17.7 Å². The van der Waals surface area contributed by atoms with E-state index in [0.717, 1.165) is 11.5 Å². The van der Waals surface area contributed by atoms with Crippen molar-refractivity contribution in [3.05, 3.63) is 59.1 Å². The van der Waals surface area contributed by atoms with Crippen molar-refractivity contribution < 1.29 is 13.2 Å². The van der Waals surface area contributed by atoms with Crippen LogP contribution in [0.15, 0.2) is 39.7 Å². The highest BCUT2D eigenvalue weighted by atomic mass is 19.1. The average Bonchev–Trinajstić information content (AvgIpc) is 3.02. The van der Waals surface area contributed by atoms with Crippen LogP contribution in [-0.4, -0.2) is 38.5 Å². The number of guanidine groups is 1. The molecule has 2 aromatic rings. The summed E-state index contributed by atoms with van der Waals surface area (Å²) in [6.45, 7) is 4.12. The van der Waals surface area contributed by atoms with E-state index in [0.29, 0.717) is 5.96 Å². The van der Waals surface area contributed by atoms with Crippen molar-refractivity contribution in [3.63, 3.8) is 0 Å². The summed E-state index contributed by atoms with van der Waals surface area (Å²) in [6, 6.07) is 7.10. The van der Waals surface area contributed by atoms with Crippen LogP contribution < -0.4 is 10.6 Å². The second-order valence-electron chi connectivity index (χ2n) is 6.38. The second kappa shape index (κ2) is 8.80. The number of nitrogens with zero attached hydrogens (tertiary/aromatic N) is 2. The Bertz CT molecular complexity index is 737. The molecular weight excluding hydrogens is 338 g/mol. The van der Waals surface area contributed by atoms with Crippen LogP contribution in [0.5, 0.6) is 0 Å². The predicted octanol–water partition coefficient (Wildman–Crippen LogP) is 3.40. The van der Waals surface area contributed by atoms with E-state index in [1.165, 1.54) is 18.2 Å². The fourth-order valence-corrected chi connectivity index (χ4v) is 2.72. The first kappa shape index (κ1) is 19.9. The Balaban J connectivity index is 2.07. The number of rotatable bonds is 6. The van der Waals surface area contributed by atoms with E-state index in [1.807, 2.05) is 26.0 Å². The van der Waals surface area contributed by atoms with Gasteiger partial charge in [0.25, 0.3) is 0 Å². The van der Waals surface area contributed by atoms with Crippen molar-refractivity contribution in [2.75, 3.05) is 27.7 Å². The molecule has 5 nitrogen and oxygen atoms in total. The lowest BCUT2D eigenvalue weighted by Crippen LogP contribution is -2.42. The number of aliphatic imine (C=N–C) groups is 1. The molecule has 2 rings (SSSR count). The summed E-state index contributed by atoms with van der Waals surface area (Å²) >= 11 is 0. The molecule has 0 spiro atoms. The predicted molar refractivity (Wildman–Crippen MR) is 99.1 cm³/mol. The first-order valence-corrected chi connectivity index (χ1v) is 8.47. The number of aryl methyl sites for hydroxylation is 1. The summed E-state index contributed by atoms with van der Waals surface area (Å²) in [4.78, 5) is 5.94. The number of furan rings is 1. The number of likely N-dealkylation sites (N-methyl/N-ethyl adjacent to an activating group) is 1. The number of nitrogens with one attached hydrogen (secondary N) is 2. The molecule has 26 heavy (non-hydrogen) atoms. The van der Waals surface area contributed by atoms with Crippen molar-refractivity contribution in [2.24, 2.45) is 4.99 Å². The summed E-state index contributed by atoms with van der Waals surface area (Å²) in [5, 5.41) is 6.34. The molecular formula is C19H26F2N4O. The fraction of sp³-hybridized carbons (Fsp3) is 0.421. The molecule has 0 amide bonds. The maximum atomic E-state index is 14.1. The van der Waals surface area contributed by atoms with E-state index in [2.05, 4.69) is 15.6 Å². The van der Waals surface area contributed by atoms with Crippen LogP contribution >= 0.6 is 0 Å². The molecule has 0 radical (unpaired) electrons. The van der Waals surface area contributed by atoms with Gasteiger partial charge in [-0.3, -0.25) is 4.99 Å². The largest absolute Gasteiger partial charge is 0.464 e. The van der Waals surface area contributed by atoms with Gasteiger partial charge in [0.15, 0.2) is 5.96 Å². The third-order valence-electron chi connectivity index (χ3n) is 4.18. The van der Waals surface area contributed by atoms with Crippen molar-refractivity contribution in [3.8, 4) is 0 Å². The highest BCUT2D eigenvalue weighted by Crippen LogP contribution is 2.24. The molecule has 1 heterocycles. The molecule has 142 valence electrons. The maximum absolute atomic E-state index is 14.1. The SMILES string of the molecule is CN=C(NCC(c1c(F)cccc1F)N(C)C)NC(C)c1ccc(C)o1. The summed E-state index contributed by atoms with van der Waals surface area (Å²) in [7, 11) is 5.20. The first-order valence-electron chi connectivity index (χ1n) is 8.47. The van der Waals surface area contributed by atoms with Gasteiger partial charge in [-0.1, -0.05) is 6.07 Å². The van der Waals surface area contributed by atoms with Gasteiger partial charge in [0, 0.05) is 19.2 Å². The summed E-state index contributed by atoms with van der Waals surface area (Å²) in [6.07, 6.45) is 0. The van der Waals surface area contributed by atoms with Crippen LogP contribution in [0.25, 0.3) is 0 Å². The zero-order valence-electron chi connectivity index (χ0n) is 15.8. The Labute approximate surface area is 153 Å². The normalized spacial score (nSPS) is 14.4. The van der Waals surface area contributed by atoms with E-state index in [9.17, 15) is 8.78 Å². The Hall–Kier alpha value is -2.41. The highest BCUT2D eigenvalue weighted by Gasteiger charge is 2.22. The summed E-state index contributed by atoms with van der Waals surface area (Å²) in [5.74, 6) is 1.02. The van der Waals surface area contributed by atoms with Gasteiger partial charge in [-0.2, -0.15) is 0 Å². The molecule has 0 fully saturated rings. The molecule has 0 saturated carbocycles. The van der Waals surface area contributed by atoms with E-state index in [-0.39, 0.29) is 18.2 Å². The van der Waals surface area contributed by atoms with E-state index in [1.54, 1.807) is 26.0 Å². The molecule has 0 bridgehead atoms. The first-order chi connectivity index (χ1) is 12.3. The van der Waals surface area contributed by atoms with Crippen LogP contribution in [0.2, 0.25) is 0 Å². The topological polar surface area (TPSA) is 52.8 Å². The Kier molecular flexibility index (Phi) is 6.74. The zero-order chi connectivity index (χ0) is 19.3. The minimum absolute atomic E-state index is 0.0372. The molecule has 2 unspecified atom stereocenters. The van der Waals surface area contributed by atoms with Gasteiger partial charge >= 0.3 is 0 Å². The molecule has 0 aliphatic carbocycles. The highest BCUT2D eigenvalue weighted by molar-refractivity contribution is 5.80. The Morgan fingerprint density at radius 1 is 1.19 bits per heavy atom. The molecule has 2 N–H and O–H groups in total. The smallest absolute Gasteiger partial charge is 0.191 e. The van der Waals surface area contributed by atoms with Crippen LogP contribution in [-0.2, 0) is 0 Å². The molecule has 7 heteroatoms. The zero-order valence-corrected chi connectivity index (χ0v) is 15.8. The lowest BCUT2D eigenvalue weighted by atomic mass is 10.0. The number of hydrogen-bond donors (Lipinski definition) is 2. The molecule has 2 atom stereocenters. The van der Waals surface area contributed by atoms with Crippen LogP contribution in [0.1, 0.15) is 36.1 Å². The number of hydrogen-bond acceptors (Lipinski definition) is 3. The van der Waals surface area contributed by atoms with Gasteiger partial charge in [0.2, 0.25) is 0 Å². The fourth-order valence-electron chi connectivity index (χ4n) is 2.72. The summed E-state index contributed by atoms with van der Waals surface area (Å²) < 4.78 is 33.9. The Morgan fingerprint density at radius 3 is 2.35 bits per heavy atom. The molecule has 0 saturated heterocycles. The minimum Gasteiger partial charge on any atom is -0.464 e. The van der Waals surface area contributed by atoms with E-state index in [4.69, 9.17) is 4.42 Å². The third-order valence-corrected chi connectivity index (χ3v) is 4.18.